The molecule has 0 fully saturated rings. The standard InChI is InChI=1S/C6H7N.N/c1-6-4-2-3-5-7-6;/h2-5H,1H3;. The third-order valence-corrected chi connectivity index (χ3v) is 0.813. The Labute approximate surface area is 49.2 Å². The number of nitrogens with zero attached hydrogens (tertiary/aromatic N) is 2. The van der Waals surface area contributed by atoms with Crippen LogP contribution in [0.5, 0.6) is 0 Å². The highest BCUT2D eigenvalue weighted by Crippen LogP contribution is 1.85. The molecule has 0 saturated carbocycles. The van der Waals surface area contributed by atoms with E-state index in [1.165, 1.54) is 0 Å². The fraction of sp³-hybridized carbons (Fsp3) is 0.167. The van der Waals surface area contributed by atoms with E-state index in [4.69, 9.17) is 0 Å². The van der Waals surface area contributed by atoms with Gasteiger partial charge in [0.05, 0.1) is 0 Å². The van der Waals surface area contributed by atoms with Gasteiger partial charge >= 0.3 is 0 Å². The predicted molar refractivity (Wildman–Crippen MR) is 31.1 cm³/mol. The number of aromatic nitrogens is 1. The van der Waals surface area contributed by atoms with Crippen LogP contribution in [0.25, 0.3) is 0 Å². The van der Waals surface area contributed by atoms with Crippen LogP contribution in [0.3, 0.4) is 0 Å². The van der Waals surface area contributed by atoms with Gasteiger partial charge in [0, 0.05) is 18.0 Å². The largest absolute Gasteiger partial charge is 0.262 e. The normalized spacial score (nSPS) is 7.62. The highest BCUT2D eigenvalue weighted by Gasteiger charge is 1.73. The summed E-state index contributed by atoms with van der Waals surface area (Å²) < 4.78 is 0. The summed E-state index contributed by atoms with van der Waals surface area (Å²) in [7, 11) is 0. The fourth-order valence-corrected chi connectivity index (χ4v) is 0.448. The summed E-state index contributed by atoms with van der Waals surface area (Å²) in [6.07, 6.45) is 1.79. The average molecular weight is 107 g/mol. The molecule has 1 aromatic heterocycles. The summed E-state index contributed by atoms with van der Waals surface area (Å²) in [6, 6.07) is 5.86. The molecule has 1 aromatic rings. The molecule has 0 aromatic carbocycles. The molecule has 3 radical (unpaired) electrons. The van der Waals surface area contributed by atoms with Crippen molar-refractivity contribution in [2.24, 2.45) is 0 Å². The first-order valence-electron chi connectivity index (χ1n) is 2.27. The van der Waals surface area contributed by atoms with Crippen LogP contribution in [0.15, 0.2) is 24.4 Å². The van der Waals surface area contributed by atoms with Crippen molar-refractivity contribution in [1.82, 2.24) is 11.1 Å². The second-order valence-corrected chi connectivity index (χ2v) is 1.47. The van der Waals surface area contributed by atoms with Gasteiger partial charge in [0.2, 0.25) is 0 Å². The maximum absolute atomic E-state index is 3.98. The lowest BCUT2D eigenvalue weighted by Gasteiger charge is -1.82. The Morgan fingerprint density at radius 1 is 1.38 bits per heavy atom. The van der Waals surface area contributed by atoms with E-state index in [2.05, 4.69) is 4.98 Å². The van der Waals surface area contributed by atoms with E-state index in [0.717, 1.165) is 5.69 Å². The Balaban J connectivity index is 0.000000490. The van der Waals surface area contributed by atoms with Gasteiger partial charge in [-0.2, -0.15) is 0 Å². The summed E-state index contributed by atoms with van der Waals surface area (Å²) in [6.45, 7) is 1.97. The molecule has 1 rings (SSSR count). The van der Waals surface area contributed by atoms with E-state index < -0.39 is 0 Å². The van der Waals surface area contributed by atoms with Crippen LogP contribution < -0.4 is 6.15 Å². The minimum absolute atomic E-state index is 0. The van der Waals surface area contributed by atoms with E-state index >= 15 is 0 Å². The van der Waals surface area contributed by atoms with Crippen molar-refractivity contribution in [3.63, 3.8) is 0 Å². The van der Waals surface area contributed by atoms with Crippen LogP contribution in [0, 0.1) is 6.92 Å². The molecular formula is C6H7N2. The third kappa shape index (κ3) is 1.71. The van der Waals surface area contributed by atoms with Gasteiger partial charge in [0.25, 0.3) is 0 Å². The fourth-order valence-electron chi connectivity index (χ4n) is 0.448. The molecule has 0 saturated heterocycles. The summed E-state index contributed by atoms with van der Waals surface area (Å²) in [5.74, 6) is 0. The van der Waals surface area contributed by atoms with Gasteiger partial charge in [-0.25, -0.2) is 0 Å². The molecule has 8 heavy (non-hydrogen) atoms. The van der Waals surface area contributed by atoms with Crippen molar-refractivity contribution in [2.75, 3.05) is 0 Å². The number of pyridine rings is 1. The van der Waals surface area contributed by atoms with Gasteiger partial charge in [0.1, 0.15) is 0 Å². The van der Waals surface area contributed by atoms with Crippen LogP contribution in [0.4, 0.5) is 0 Å². The molecule has 1 heterocycles. The van der Waals surface area contributed by atoms with Crippen molar-refractivity contribution in [3.05, 3.63) is 30.1 Å². The Morgan fingerprint density at radius 3 is 2.38 bits per heavy atom. The first kappa shape index (κ1) is 7.11. The number of rotatable bonds is 0. The molecule has 2 heteroatoms. The van der Waals surface area contributed by atoms with Gasteiger partial charge in [-0.1, -0.05) is 6.07 Å². The smallest absolute Gasteiger partial charge is 0.0372 e. The lowest BCUT2D eigenvalue weighted by Crippen LogP contribution is -1.72. The van der Waals surface area contributed by atoms with Gasteiger partial charge in [0.15, 0.2) is 0 Å². The zero-order valence-electron chi connectivity index (χ0n) is 4.70. The second-order valence-electron chi connectivity index (χ2n) is 1.47. The third-order valence-electron chi connectivity index (χ3n) is 0.813. The highest BCUT2D eigenvalue weighted by atomic mass is 14.6. The summed E-state index contributed by atoms with van der Waals surface area (Å²) in [5.41, 5.74) is 1.07. The zero-order chi connectivity index (χ0) is 5.11. The summed E-state index contributed by atoms with van der Waals surface area (Å²) in [5, 5.41) is 0. The lowest BCUT2D eigenvalue weighted by molar-refractivity contribution is 1.20. The summed E-state index contributed by atoms with van der Waals surface area (Å²) >= 11 is 0. The lowest BCUT2D eigenvalue weighted by atomic mass is 10.4. The average Bonchev–Trinajstić information content (AvgIpc) is 1.69. The van der Waals surface area contributed by atoms with Crippen LogP contribution in [-0.2, 0) is 0 Å². The second kappa shape index (κ2) is 3.16. The number of hydrogen-bond donors (Lipinski definition) is 0. The molecule has 0 aliphatic carbocycles. The maximum atomic E-state index is 3.98. The molecular weight excluding hydrogens is 100 g/mol. The Hall–Kier alpha value is -0.890. The Morgan fingerprint density at radius 2 is 2.12 bits per heavy atom. The van der Waals surface area contributed by atoms with E-state index in [1.54, 1.807) is 6.20 Å². The minimum Gasteiger partial charge on any atom is -0.262 e. The first-order valence-corrected chi connectivity index (χ1v) is 2.27. The van der Waals surface area contributed by atoms with E-state index in [0.29, 0.717) is 0 Å². The summed E-state index contributed by atoms with van der Waals surface area (Å²) in [4.78, 5) is 3.98. The predicted octanol–water partition coefficient (Wildman–Crippen LogP) is 0.909. The van der Waals surface area contributed by atoms with E-state index in [9.17, 15) is 0 Å². The Bertz CT molecular complexity index is 136. The van der Waals surface area contributed by atoms with Crippen LogP contribution >= 0.6 is 0 Å². The molecule has 0 aliphatic rings. The van der Waals surface area contributed by atoms with Crippen molar-refractivity contribution < 1.29 is 0 Å². The van der Waals surface area contributed by atoms with Crippen LogP contribution in [0.2, 0.25) is 0 Å². The molecule has 2 nitrogen and oxygen atoms in total. The van der Waals surface area contributed by atoms with E-state index in [1.807, 2.05) is 25.1 Å². The molecule has 0 N–H and O–H groups in total. The monoisotopic (exact) mass is 107 g/mol. The molecule has 0 unspecified atom stereocenters. The van der Waals surface area contributed by atoms with Gasteiger partial charge in [-0.05, 0) is 19.1 Å². The first-order chi connectivity index (χ1) is 3.39. The molecule has 41 valence electrons. The SMILES string of the molecule is Cc1ccccn1.[N]. The van der Waals surface area contributed by atoms with Crippen molar-refractivity contribution in [2.45, 2.75) is 6.92 Å². The van der Waals surface area contributed by atoms with Crippen molar-refractivity contribution in [1.29, 1.82) is 0 Å². The molecule has 0 atom stereocenters. The number of aryl methyl sites for hydroxylation is 1. The van der Waals surface area contributed by atoms with Crippen molar-refractivity contribution in [3.8, 4) is 0 Å². The van der Waals surface area contributed by atoms with Gasteiger partial charge in [-0.3, -0.25) is 4.98 Å². The molecule has 0 amide bonds. The van der Waals surface area contributed by atoms with Crippen LogP contribution in [0.1, 0.15) is 5.69 Å². The maximum Gasteiger partial charge on any atom is 0.0372 e. The highest BCUT2D eigenvalue weighted by molar-refractivity contribution is 4.99. The zero-order valence-corrected chi connectivity index (χ0v) is 4.70. The Kier molecular flexibility index (Phi) is 2.80. The quantitative estimate of drug-likeness (QED) is 0.486. The van der Waals surface area contributed by atoms with Crippen LogP contribution in [-0.4, -0.2) is 4.98 Å². The van der Waals surface area contributed by atoms with Gasteiger partial charge in [-0.15, -0.1) is 0 Å². The minimum atomic E-state index is 0. The van der Waals surface area contributed by atoms with E-state index in [-0.39, 0.29) is 6.15 Å². The van der Waals surface area contributed by atoms with Crippen molar-refractivity contribution >= 4 is 0 Å². The van der Waals surface area contributed by atoms with Gasteiger partial charge < -0.3 is 0 Å². The molecule has 0 aliphatic heterocycles. The molecule has 0 bridgehead atoms. The topological polar surface area (TPSA) is 43.4 Å². The number of hydrogen-bond acceptors (Lipinski definition) is 1. The molecule has 0 spiro atoms.